The fourth-order valence-electron chi connectivity index (χ4n) is 5.87. The van der Waals surface area contributed by atoms with Gasteiger partial charge in [0.15, 0.2) is 11.6 Å². The highest BCUT2D eigenvalue weighted by atomic mass is 19.1. The molecule has 172 valence electrons. The second kappa shape index (κ2) is 11.2. The molecule has 0 aromatic heterocycles. The summed E-state index contributed by atoms with van der Waals surface area (Å²) in [4.78, 5) is 0. The van der Waals surface area contributed by atoms with Gasteiger partial charge in [0, 0.05) is 0 Å². The van der Waals surface area contributed by atoms with Crippen LogP contribution in [0.5, 0.6) is 5.75 Å². The molecule has 0 unspecified atom stereocenters. The van der Waals surface area contributed by atoms with Crippen LogP contribution in [0.15, 0.2) is 55.1 Å². The fourth-order valence-corrected chi connectivity index (χ4v) is 5.87. The van der Waals surface area contributed by atoms with Crippen molar-refractivity contribution in [1.82, 2.24) is 0 Å². The van der Waals surface area contributed by atoms with Crippen LogP contribution < -0.4 is 4.74 Å². The van der Waals surface area contributed by atoms with Crippen LogP contribution in [-0.2, 0) is 0 Å². The first-order valence-corrected chi connectivity index (χ1v) is 12.8. The molecule has 2 heteroatoms. The zero-order valence-corrected chi connectivity index (χ0v) is 19.7. The maximum atomic E-state index is 14.2. The highest BCUT2D eigenvalue weighted by Crippen LogP contribution is 2.40. The Bertz CT molecular complexity index is 855. The SMILES string of the molecule is C=CC1CCC(CCC2CCC(c3ccc(-c4ccc(OCC)c(F)c4)cc3)CC2)CC1. The van der Waals surface area contributed by atoms with Gasteiger partial charge in [0.2, 0.25) is 0 Å². The summed E-state index contributed by atoms with van der Waals surface area (Å²) >= 11 is 0. The van der Waals surface area contributed by atoms with Gasteiger partial charge in [-0.2, -0.15) is 0 Å². The third-order valence-electron chi connectivity index (χ3n) is 8.00. The summed E-state index contributed by atoms with van der Waals surface area (Å²) in [6.45, 7) is 6.32. The monoisotopic (exact) mass is 434 g/mol. The Balaban J connectivity index is 1.25. The summed E-state index contributed by atoms with van der Waals surface area (Å²) in [6, 6.07) is 14.1. The molecule has 0 atom stereocenters. The summed E-state index contributed by atoms with van der Waals surface area (Å²) in [5, 5.41) is 0. The number of hydrogen-bond donors (Lipinski definition) is 0. The predicted molar refractivity (Wildman–Crippen MR) is 133 cm³/mol. The van der Waals surface area contributed by atoms with Crippen LogP contribution in [0.3, 0.4) is 0 Å². The normalized spacial score (nSPS) is 25.9. The van der Waals surface area contributed by atoms with Crippen LogP contribution >= 0.6 is 0 Å². The van der Waals surface area contributed by atoms with Crippen molar-refractivity contribution < 1.29 is 9.13 Å². The Morgan fingerprint density at radius 1 is 0.844 bits per heavy atom. The number of allylic oxidation sites excluding steroid dienone is 1. The van der Waals surface area contributed by atoms with E-state index in [0.29, 0.717) is 18.3 Å². The smallest absolute Gasteiger partial charge is 0.165 e. The molecule has 2 aliphatic rings. The van der Waals surface area contributed by atoms with Gasteiger partial charge < -0.3 is 4.74 Å². The van der Waals surface area contributed by atoms with Gasteiger partial charge in [0.05, 0.1) is 6.61 Å². The molecule has 0 aliphatic heterocycles. The van der Waals surface area contributed by atoms with Crippen LogP contribution in [0.2, 0.25) is 0 Å². The summed E-state index contributed by atoms with van der Waals surface area (Å²) < 4.78 is 19.5. The predicted octanol–water partition coefficient (Wildman–Crippen LogP) is 8.94. The Morgan fingerprint density at radius 3 is 2.00 bits per heavy atom. The molecule has 32 heavy (non-hydrogen) atoms. The standard InChI is InChI=1S/C30H39FO/c1-3-22-5-7-23(8-6-22)9-10-24-11-13-25(14-12-24)26-15-17-27(18-16-26)28-19-20-30(32-4-2)29(31)21-28/h3,15-25H,1,4-14H2,2H3. The number of ether oxygens (including phenoxy) is 1. The fraction of sp³-hybridized carbons (Fsp3) is 0.533. The number of halogens is 1. The van der Waals surface area contributed by atoms with E-state index in [9.17, 15) is 4.39 Å². The first-order chi connectivity index (χ1) is 15.7. The zero-order valence-electron chi connectivity index (χ0n) is 19.7. The molecule has 2 aliphatic carbocycles. The molecule has 0 spiro atoms. The lowest BCUT2D eigenvalue weighted by molar-refractivity contribution is 0.246. The van der Waals surface area contributed by atoms with Crippen molar-refractivity contribution in [3.05, 3.63) is 66.5 Å². The van der Waals surface area contributed by atoms with Gasteiger partial charge in [-0.25, -0.2) is 4.39 Å². The summed E-state index contributed by atoms with van der Waals surface area (Å²) in [7, 11) is 0. The largest absolute Gasteiger partial charge is 0.491 e. The van der Waals surface area contributed by atoms with Crippen LogP contribution in [0.25, 0.3) is 11.1 Å². The lowest BCUT2D eigenvalue weighted by Crippen LogP contribution is -2.17. The van der Waals surface area contributed by atoms with Gasteiger partial charge in [0.25, 0.3) is 0 Å². The van der Waals surface area contributed by atoms with Crippen molar-refractivity contribution in [2.45, 2.75) is 77.0 Å². The molecule has 2 aromatic rings. The summed E-state index contributed by atoms with van der Waals surface area (Å²) in [5.74, 6) is 3.38. The van der Waals surface area contributed by atoms with Crippen molar-refractivity contribution >= 4 is 0 Å². The van der Waals surface area contributed by atoms with E-state index in [1.165, 1.54) is 69.8 Å². The Kier molecular flexibility index (Phi) is 8.05. The first kappa shape index (κ1) is 23.1. The lowest BCUT2D eigenvalue weighted by atomic mass is 9.74. The van der Waals surface area contributed by atoms with Crippen LogP contribution in [0.4, 0.5) is 4.39 Å². The average Bonchev–Trinajstić information content (AvgIpc) is 2.85. The van der Waals surface area contributed by atoms with E-state index in [-0.39, 0.29) is 5.82 Å². The van der Waals surface area contributed by atoms with E-state index in [1.54, 1.807) is 12.1 Å². The van der Waals surface area contributed by atoms with Gasteiger partial charge in [-0.1, -0.05) is 49.2 Å². The van der Waals surface area contributed by atoms with Gasteiger partial charge in [-0.15, -0.1) is 6.58 Å². The minimum absolute atomic E-state index is 0.291. The van der Waals surface area contributed by atoms with Gasteiger partial charge >= 0.3 is 0 Å². The highest BCUT2D eigenvalue weighted by molar-refractivity contribution is 5.64. The van der Waals surface area contributed by atoms with Gasteiger partial charge in [-0.3, -0.25) is 0 Å². The summed E-state index contributed by atoms with van der Waals surface area (Å²) in [5.41, 5.74) is 3.42. The van der Waals surface area contributed by atoms with E-state index in [2.05, 4.69) is 36.9 Å². The molecule has 2 aromatic carbocycles. The molecule has 0 radical (unpaired) electrons. The minimum Gasteiger partial charge on any atom is -0.491 e. The van der Waals surface area contributed by atoms with Crippen molar-refractivity contribution in [2.24, 2.45) is 17.8 Å². The molecule has 0 amide bonds. The molecular weight excluding hydrogens is 395 g/mol. The third-order valence-corrected chi connectivity index (χ3v) is 8.00. The molecule has 2 fully saturated rings. The Morgan fingerprint density at radius 2 is 1.44 bits per heavy atom. The van der Waals surface area contributed by atoms with E-state index in [0.717, 1.165) is 28.9 Å². The van der Waals surface area contributed by atoms with E-state index in [1.807, 2.05) is 13.0 Å². The molecule has 0 saturated heterocycles. The quantitative estimate of drug-likeness (QED) is 0.377. The number of rotatable bonds is 8. The Labute approximate surface area is 194 Å². The molecular formula is C30H39FO. The number of benzene rings is 2. The molecule has 1 nitrogen and oxygen atoms in total. The van der Waals surface area contributed by atoms with E-state index < -0.39 is 0 Å². The van der Waals surface area contributed by atoms with Crippen molar-refractivity contribution in [1.29, 1.82) is 0 Å². The topological polar surface area (TPSA) is 9.23 Å². The van der Waals surface area contributed by atoms with Gasteiger partial charge in [0.1, 0.15) is 0 Å². The van der Waals surface area contributed by atoms with Crippen LogP contribution in [0.1, 0.15) is 82.6 Å². The van der Waals surface area contributed by atoms with Crippen molar-refractivity contribution in [3.8, 4) is 16.9 Å². The van der Waals surface area contributed by atoms with Crippen LogP contribution in [-0.4, -0.2) is 6.61 Å². The second-order valence-electron chi connectivity index (χ2n) is 10.0. The maximum Gasteiger partial charge on any atom is 0.165 e. The second-order valence-corrected chi connectivity index (χ2v) is 10.0. The highest BCUT2D eigenvalue weighted by Gasteiger charge is 2.24. The molecule has 4 rings (SSSR count). The van der Waals surface area contributed by atoms with Crippen molar-refractivity contribution in [3.63, 3.8) is 0 Å². The van der Waals surface area contributed by atoms with Gasteiger partial charge in [-0.05, 0) is 111 Å². The van der Waals surface area contributed by atoms with E-state index >= 15 is 0 Å². The molecule has 0 heterocycles. The lowest BCUT2D eigenvalue weighted by Gasteiger charge is -2.31. The number of hydrogen-bond acceptors (Lipinski definition) is 1. The van der Waals surface area contributed by atoms with Crippen molar-refractivity contribution in [2.75, 3.05) is 6.61 Å². The zero-order chi connectivity index (χ0) is 22.3. The molecule has 0 bridgehead atoms. The maximum absolute atomic E-state index is 14.2. The minimum atomic E-state index is -0.291. The first-order valence-electron chi connectivity index (χ1n) is 12.8. The third kappa shape index (κ3) is 5.82. The molecule has 0 N–H and O–H groups in total. The van der Waals surface area contributed by atoms with Crippen LogP contribution in [0, 0.1) is 23.6 Å². The molecule has 2 saturated carbocycles. The summed E-state index contributed by atoms with van der Waals surface area (Å²) in [6.07, 6.45) is 16.0. The Hall–Kier alpha value is -2.09. The van der Waals surface area contributed by atoms with E-state index in [4.69, 9.17) is 4.74 Å². The average molecular weight is 435 g/mol.